The van der Waals surface area contributed by atoms with Gasteiger partial charge in [0.1, 0.15) is 23.4 Å². The number of hydrogen-bond donors (Lipinski definition) is 2. The van der Waals surface area contributed by atoms with Crippen molar-refractivity contribution >= 4 is 17.5 Å². The second-order valence-corrected chi connectivity index (χ2v) is 10.1. The summed E-state index contributed by atoms with van der Waals surface area (Å²) in [4.78, 5) is 34.1. The number of anilines is 1. The van der Waals surface area contributed by atoms with E-state index < -0.39 is 63.6 Å². The molecule has 2 N–H and O–H groups in total. The van der Waals surface area contributed by atoms with Crippen LogP contribution in [-0.2, 0) is 28.5 Å². The van der Waals surface area contributed by atoms with E-state index in [0.717, 1.165) is 11.6 Å². The quantitative estimate of drug-likeness (QED) is 0.290. The average Bonchev–Trinajstić information content (AvgIpc) is 3.34. The highest BCUT2D eigenvalue weighted by molar-refractivity contribution is 6.24. The molecule has 5 rings (SSSR count). The molecule has 2 aromatic carbocycles. The van der Waals surface area contributed by atoms with Gasteiger partial charge in [0, 0.05) is 12.1 Å². The fourth-order valence-electron chi connectivity index (χ4n) is 5.19. The number of hydrogen-bond acceptors (Lipinski definition) is 6. The van der Waals surface area contributed by atoms with Crippen LogP contribution in [-0.4, -0.2) is 49.0 Å². The first kappa shape index (κ1) is 29.0. The van der Waals surface area contributed by atoms with Crippen LogP contribution in [0.4, 0.5) is 32.0 Å². The molecule has 1 saturated heterocycles. The SMILES string of the molecule is CC12CCCN1N(Cc1ccccc1)C(=O)C(C(=O)Nc1ccc(C(F)(F)F)cc1-c1cc(C(F)(F)F)ncn1)=C2O. The van der Waals surface area contributed by atoms with Crippen molar-refractivity contribution in [2.24, 2.45) is 0 Å². The summed E-state index contributed by atoms with van der Waals surface area (Å²) in [6, 6.07) is 11.4. The van der Waals surface area contributed by atoms with Crippen LogP contribution in [0, 0.1) is 0 Å². The maximum atomic E-state index is 13.7. The van der Waals surface area contributed by atoms with Gasteiger partial charge in [0.25, 0.3) is 11.8 Å². The van der Waals surface area contributed by atoms with Gasteiger partial charge in [0.15, 0.2) is 0 Å². The molecule has 1 fully saturated rings. The Kier molecular flexibility index (Phi) is 7.21. The smallest absolute Gasteiger partial charge is 0.433 e. The zero-order valence-electron chi connectivity index (χ0n) is 21.9. The normalized spacial score (nSPS) is 19.7. The van der Waals surface area contributed by atoms with Gasteiger partial charge in [-0.25, -0.2) is 15.0 Å². The molecule has 0 radical (unpaired) electrons. The minimum atomic E-state index is -4.92. The molecule has 8 nitrogen and oxygen atoms in total. The Morgan fingerprint density at radius 1 is 1.02 bits per heavy atom. The molecule has 42 heavy (non-hydrogen) atoms. The van der Waals surface area contributed by atoms with Crippen molar-refractivity contribution in [2.45, 2.75) is 44.2 Å². The number of nitrogens with one attached hydrogen (secondary N) is 1. The summed E-state index contributed by atoms with van der Waals surface area (Å²) in [6.45, 7) is 2.16. The van der Waals surface area contributed by atoms with Gasteiger partial charge < -0.3 is 10.4 Å². The van der Waals surface area contributed by atoms with Gasteiger partial charge >= 0.3 is 12.4 Å². The van der Waals surface area contributed by atoms with Crippen molar-refractivity contribution in [3.8, 4) is 11.3 Å². The van der Waals surface area contributed by atoms with E-state index in [1.807, 2.05) is 0 Å². The number of fused-ring (bicyclic) bond motifs is 1. The monoisotopic (exact) mass is 591 g/mol. The minimum Gasteiger partial charge on any atom is -0.509 e. The maximum Gasteiger partial charge on any atom is 0.433 e. The molecule has 2 amide bonds. The molecule has 220 valence electrons. The van der Waals surface area contributed by atoms with Gasteiger partial charge in [-0.2, -0.15) is 26.3 Å². The average molecular weight is 592 g/mol. The zero-order chi connectivity index (χ0) is 30.4. The van der Waals surface area contributed by atoms with Crippen LogP contribution in [0.2, 0.25) is 0 Å². The lowest BCUT2D eigenvalue weighted by molar-refractivity contribution is -0.160. The molecule has 0 spiro atoms. The lowest BCUT2D eigenvalue weighted by atomic mass is 9.90. The molecule has 14 heteroatoms. The number of carbonyl (C=O) groups is 2. The first-order valence-corrected chi connectivity index (χ1v) is 12.7. The lowest BCUT2D eigenvalue weighted by Gasteiger charge is -2.46. The van der Waals surface area contributed by atoms with Gasteiger partial charge in [0.05, 0.1) is 29.0 Å². The Morgan fingerprint density at radius 3 is 2.40 bits per heavy atom. The summed E-state index contributed by atoms with van der Waals surface area (Å²) in [5.41, 5.74) is -5.02. The number of amides is 2. The number of carbonyl (C=O) groups excluding carboxylic acids is 2. The number of halogens is 6. The van der Waals surface area contributed by atoms with E-state index in [2.05, 4.69) is 15.3 Å². The number of hydrazine groups is 1. The predicted octanol–water partition coefficient (Wildman–Crippen LogP) is 5.74. The lowest BCUT2D eigenvalue weighted by Crippen LogP contribution is -2.60. The Labute approximate surface area is 235 Å². The van der Waals surface area contributed by atoms with Gasteiger partial charge in [-0.3, -0.25) is 14.6 Å². The molecule has 2 aliphatic heterocycles. The number of aliphatic hydroxyl groups is 1. The zero-order valence-corrected chi connectivity index (χ0v) is 21.9. The van der Waals surface area contributed by atoms with Crippen molar-refractivity contribution in [3.63, 3.8) is 0 Å². The molecule has 0 saturated carbocycles. The van der Waals surface area contributed by atoms with Crippen LogP contribution in [0.25, 0.3) is 11.3 Å². The van der Waals surface area contributed by atoms with Crippen LogP contribution < -0.4 is 5.32 Å². The third-order valence-corrected chi connectivity index (χ3v) is 7.32. The van der Waals surface area contributed by atoms with Crippen molar-refractivity contribution in [1.29, 1.82) is 0 Å². The van der Waals surface area contributed by atoms with E-state index in [1.54, 1.807) is 42.3 Å². The van der Waals surface area contributed by atoms with Crippen LogP contribution >= 0.6 is 0 Å². The summed E-state index contributed by atoms with van der Waals surface area (Å²) >= 11 is 0. The van der Waals surface area contributed by atoms with E-state index in [4.69, 9.17) is 0 Å². The summed E-state index contributed by atoms with van der Waals surface area (Å²) in [6.07, 6.45) is -8.23. The molecular weight excluding hydrogens is 568 g/mol. The second-order valence-electron chi connectivity index (χ2n) is 10.1. The molecule has 3 heterocycles. The molecule has 0 bridgehead atoms. The predicted molar refractivity (Wildman–Crippen MR) is 137 cm³/mol. The fourth-order valence-corrected chi connectivity index (χ4v) is 5.19. The minimum absolute atomic E-state index is 0.0754. The number of nitrogens with zero attached hydrogens (tertiary/aromatic N) is 4. The summed E-state index contributed by atoms with van der Waals surface area (Å²) < 4.78 is 80.5. The molecule has 1 aromatic heterocycles. The van der Waals surface area contributed by atoms with E-state index in [9.17, 15) is 41.0 Å². The van der Waals surface area contributed by atoms with E-state index in [1.165, 1.54) is 5.01 Å². The summed E-state index contributed by atoms with van der Waals surface area (Å²) in [5.74, 6) is -2.50. The first-order valence-electron chi connectivity index (χ1n) is 12.7. The van der Waals surface area contributed by atoms with Crippen molar-refractivity contribution < 1.29 is 41.0 Å². The Morgan fingerprint density at radius 2 is 1.74 bits per heavy atom. The van der Waals surface area contributed by atoms with Gasteiger partial charge in [-0.1, -0.05) is 30.3 Å². The highest BCUT2D eigenvalue weighted by atomic mass is 19.4. The fraction of sp³-hybridized carbons (Fsp3) is 0.286. The van der Waals surface area contributed by atoms with Crippen molar-refractivity contribution in [2.75, 3.05) is 11.9 Å². The van der Waals surface area contributed by atoms with Crippen LogP contribution in [0.1, 0.15) is 36.6 Å². The van der Waals surface area contributed by atoms with E-state index in [-0.39, 0.29) is 12.2 Å². The van der Waals surface area contributed by atoms with Crippen LogP contribution in [0.3, 0.4) is 0 Å². The highest BCUT2D eigenvalue weighted by Crippen LogP contribution is 2.42. The summed E-state index contributed by atoms with van der Waals surface area (Å²) in [5, 5.41) is 16.5. The number of aromatic nitrogens is 2. The third kappa shape index (κ3) is 5.29. The molecule has 1 atom stereocenters. The number of rotatable bonds is 5. The highest BCUT2D eigenvalue weighted by Gasteiger charge is 2.52. The number of benzene rings is 2. The number of aliphatic hydroxyl groups excluding tert-OH is 1. The largest absolute Gasteiger partial charge is 0.509 e. The maximum absolute atomic E-state index is 13.7. The topological polar surface area (TPSA) is 98.7 Å². The van der Waals surface area contributed by atoms with Gasteiger partial charge in [0.2, 0.25) is 0 Å². The van der Waals surface area contributed by atoms with Crippen LogP contribution in [0.5, 0.6) is 0 Å². The van der Waals surface area contributed by atoms with Crippen molar-refractivity contribution in [3.05, 3.63) is 89.1 Å². The Bertz CT molecular complexity index is 1570. The Hall–Kier alpha value is -4.46. The van der Waals surface area contributed by atoms with Gasteiger partial charge in [-0.15, -0.1) is 0 Å². The molecular formula is C28H23F6N5O3. The first-order chi connectivity index (χ1) is 19.7. The third-order valence-electron chi connectivity index (χ3n) is 7.32. The van der Waals surface area contributed by atoms with Crippen molar-refractivity contribution in [1.82, 2.24) is 20.0 Å². The van der Waals surface area contributed by atoms with Crippen LogP contribution in [0.15, 0.2) is 72.3 Å². The summed E-state index contributed by atoms with van der Waals surface area (Å²) in [7, 11) is 0. The second kappa shape index (κ2) is 10.4. The van der Waals surface area contributed by atoms with E-state index in [0.29, 0.717) is 43.9 Å². The molecule has 2 aliphatic rings. The molecule has 3 aromatic rings. The van der Waals surface area contributed by atoms with Gasteiger partial charge in [-0.05, 0) is 49.6 Å². The standard InChI is InChI=1S/C28H23F6N5O3/c1-26-10-5-11-39(26)38(14-16-6-3-2-4-7-16)25(42)22(23(26)40)24(41)37-19-9-8-17(27(29,30)31)12-18(19)20-13-21(28(32,33)34)36-15-35-20/h2-4,6-9,12-13,15,40H,5,10-11,14H2,1H3,(H,37,41). The Balaban J connectivity index is 1.56. The molecule has 1 unspecified atom stereocenters. The molecule has 0 aliphatic carbocycles. The van der Waals surface area contributed by atoms with E-state index >= 15 is 0 Å². The number of alkyl halides is 6.